The van der Waals surface area contributed by atoms with Crippen molar-refractivity contribution >= 4 is 23.2 Å². The zero-order valence-corrected chi connectivity index (χ0v) is 19.7. The molecule has 4 aromatic carbocycles. The van der Waals surface area contributed by atoms with Crippen LogP contribution in [0.4, 0.5) is 11.6 Å². The fraction of sp³-hybridized carbons (Fsp3) is 0.0345. The number of phenolic OH excluding ortho intramolecular Hbond substituents is 1. The first kappa shape index (κ1) is 21.9. The third kappa shape index (κ3) is 3.87. The van der Waals surface area contributed by atoms with Gasteiger partial charge in [0.2, 0.25) is 11.8 Å². The summed E-state index contributed by atoms with van der Waals surface area (Å²) in [6.45, 7) is 0. The van der Waals surface area contributed by atoms with E-state index in [1.165, 1.54) is 4.57 Å². The molecule has 0 spiro atoms. The molecular weight excluding hydrogens is 474 g/mol. The summed E-state index contributed by atoms with van der Waals surface area (Å²) in [6.07, 6.45) is 0. The molecule has 0 fully saturated rings. The van der Waals surface area contributed by atoms with Crippen molar-refractivity contribution in [3.63, 3.8) is 0 Å². The third-order valence-electron chi connectivity index (χ3n) is 6.13. The van der Waals surface area contributed by atoms with E-state index in [-0.39, 0.29) is 17.2 Å². The SMILES string of the molecule is O=c1c2c(nc(Nc3ccccc3)n1-c1ccc(Cl)cc1)Oc1cc(O)ccc1C2c1ccccc1. The number of hydrogen-bond acceptors (Lipinski definition) is 5. The number of hydrogen-bond donors (Lipinski definition) is 2. The molecule has 0 bridgehead atoms. The topological polar surface area (TPSA) is 76.4 Å². The van der Waals surface area contributed by atoms with Gasteiger partial charge in [0.15, 0.2) is 0 Å². The van der Waals surface area contributed by atoms with E-state index < -0.39 is 5.92 Å². The van der Waals surface area contributed by atoms with Crippen molar-refractivity contribution in [3.8, 4) is 23.1 Å². The maximum atomic E-state index is 14.3. The van der Waals surface area contributed by atoms with Gasteiger partial charge in [-0.15, -0.1) is 0 Å². The fourth-order valence-electron chi connectivity index (χ4n) is 4.50. The van der Waals surface area contributed by atoms with Crippen molar-refractivity contribution in [3.05, 3.63) is 135 Å². The largest absolute Gasteiger partial charge is 0.508 e. The number of nitrogens with one attached hydrogen (secondary N) is 1. The molecule has 0 saturated heterocycles. The minimum Gasteiger partial charge on any atom is -0.508 e. The van der Waals surface area contributed by atoms with Crippen LogP contribution in [0.5, 0.6) is 17.4 Å². The predicted octanol–water partition coefficient (Wildman–Crippen LogP) is 6.62. The Morgan fingerprint density at radius 2 is 1.58 bits per heavy atom. The second kappa shape index (κ2) is 8.91. The Balaban J connectivity index is 1.63. The second-order valence-electron chi connectivity index (χ2n) is 8.43. The molecule has 36 heavy (non-hydrogen) atoms. The molecule has 2 N–H and O–H groups in total. The van der Waals surface area contributed by atoms with Gasteiger partial charge in [-0.05, 0) is 48.0 Å². The van der Waals surface area contributed by atoms with E-state index in [0.717, 1.165) is 16.8 Å². The molecule has 7 heteroatoms. The number of anilines is 2. The highest BCUT2D eigenvalue weighted by molar-refractivity contribution is 6.30. The molecule has 2 heterocycles. The summed E-state index contributed by atoms with van der Waals surface area (Å²) in [7, 11) is 0. The minimum absolute atomic E-state index is 0.0705. The van der Waals surface area contributed by atoms with Crippen LogP contribution in [-0.4, -0.2) is 14.7 Å². The molecule has 176 valence electrons. The van der Waals surface area contributed by atoms with Gasteiger partial charge < -0.3 is 15.2 Å². The maximum absolute atomic E-state index is 14.3. The van der Waals surface area contributed by atoms with Crippen molar-refractivity contribution in [2.75, 3.05) is 5.32 Å². The minimum atomic E-state index is -0.435. The average molecular weight is 494 g/mol. The summed E-state index contributed by atoms with van der Waals surface area (Å²) < 4.78 is 7.67. The van der Waals surface area contributed by atoms with Crippen LogP contribution in [0, 0.1) is 0 Å². The van der Waals surface area contributed by atoms with Gasteiger partial charge in [-0.2, -0.15) is 4.98 Å². The number of aromatic hydroxyl groups is 1. The molecule has 6 nitrogen and oxygen atoms in total. The third-order valence-corrected chi connectivity index (χ3v) is 6.39. The van der Waals surface area contributed by atoms with Crippen LogP contribution < -0.4 is 15.6 Å². The molecule has 1 unspecified atom stereocenters. The molecule has 0 amide bonds. The van der Waals surface area contributed by atoms with Gasteiger partial charge in [0.1, 0.15) is 11.5 Å². The standard InChI is InChI=1S/C29H20ClN3O3/c30-19-11-13-21(14-12-19)33-28(35)26-25(18-7-3-1-4-8-18)23-16-15-22(34)17-24(23)36-27(26)32-29(33)31-20-9-5-2-6-10-20/h1-17,25,34H,(H,31,32). The lowest BCUT2D eigenvalue weighted by molar-refractivity contribution is 0.420. The second-order valence-corrected chi connectivity index (χ2v) is 8.87. The Hall–Kier alpha value is -4.55. The first-order valence-electron chi connectivity index (χ1n) is 11.4. The number of benzene rings is 4. The van der Waals surface area contributed by atoms with Gasteiger partial charge in [-0.3, -0.25) is 4.79 Å². The number of aromatic nitrogens is 2. The molecule has 1 atom stereocenters. The Morgan fingerprint density at radius 3 is 2.31 bits per heavy atom. The summed E-state index contributed by atoms with van der Waals surface area (Å²) in [5.74, 6) is 0.576. The maximum Gasteiger partial charge on any atom is 0.267 e. The Morgan fingerprint density at radius 1 is 0.889 bits per heavy atom. The number of halogens is 1. The lowest BCUT2D eigenvalue weighted by atomic mass is 9.84. The number of nitrogens with zero attached hydrogens (tertiary/aromatic N) is 2. The van der Waals surface area contributed by atoms with Crippen molar-refractivity contribution < 1.29 is 9.84 Å². The number of rotatable bonds is 4. The smallest absolute Gasteiger partial charge is 0.267 e. The molecule has 0 aliphatic carbocycles. The number of fused-ring (bicyclic) bond motifs is 2. The number of ether oxygens (including phenoxy) is 1. The molecule has 6 rings (SSSR count). The molecular formula is C29H20ClN3O3. The van der Waals surface area contributed by atoms with E-state index in [1.807, 2.05) is 60.7 Å². The Labute approximate surface area is 212 Å². The summed E-state index contributed by atoms with van der Waals surface area (Å²) >= 11 is 6.14. The summed E-state index contributed by atoms with van der Waals surface area (Å²) in [5.41, 5.74) is 3.21. The summed E-state index contributed by atoms with van der Waals surface area (Å²) in [4.78, 5) is 19.1. The van der Waals surface area contributed by atoms with Gasteiger partial charge in [-0.25, -0.2) is 4.57 Å². The molecule has 1 aromatic heterocycles. The summed E-state index contributed by atoms with van der Waals surface area (Å²) in [6, 6.07) is 31.2. The van der Waals surface area contributed by atoms with Gasteiger partial charge in [0, 0.05) is 28.3 Å². The van der Waals surface area contributed by atoms with Crippen LogP contribution in [0.3, 0.4) is 0 Å². The Bertz CT molecular complexity index is 1620. The quantitative estimate of drug-likeness (QED) is 0.288. The monoisotopic (exact) mass is 493 g/mol. The van der Waals surface area contributed by atoms with Crippen LogP contribution in [-0.2, 0) is 0 Å². The molecule has 1 aliphatic heterocycles. The Kier molecular flexibility index (Phi) is 5.43. The molecule has 5 aromatic rings. The van der Waals surface area contributed by atoms with Gasteiger partial charge in [-0.1, -0.05) is 66.2 Å². The lowest BCUT2D eigenvalue weighted by Crippen LogP contribution is -2.30. The van der Waals surface area contributed by atoms with Crippen molar-refractivity contribution in [2.45, 2.75) is 5.92 Å². The van der Waals surface area contributed by atoms with Crippen LogP contribution in [0.15, 0.2) is 108 Å². The normalized spacial score (nSPS) is 13.9. The molecule has 0 radical (unpaired) electrons. The molecule has 1 aliphatic rings. The predicted molar refractivity (Wildman–Crippen MR) is 140 cm³/mol. The van der Waals surface area contributed by atoms with Crippen molar-refractivity contribution in [1.82, 2.24) is 9.55 Å². The van der Waals surface area contributed by atoms with Crippen LogP contribution in [0.25, 0.3) is 5.69 Å². The zero-order valence-electron chi connectivity index (χ0n) is 18.9. The summed E-state index contributed by atoms with van der Waals surface area (Å²) in [5, 5.41) is 13.9. The fourth-order valence-corrected chi connectivity index (χ4v) is 4.63. The van der Waals surface area contributed by atoms with E-state index in [2.05, 4.69) is 5.32 Å². The van der Waals surface area contributed by atoms with Crippen LogP contribution >= 0.6 is 11.6 Å². The average Bonchev–Trinajstić information content (AvgIpc) is 2.89. The highest BCUT2D eigenvalue weighted by Crippen LogP contribution is 2.46. The lowest BCUT2D eigenvalue weighted by Gasteiger charge is -2.29. The van der Waals surface area contributed by atoms with E-state index in [1.54, 1.807) is 42.5 Å². The highest BCUT2D eigenvalue weighted by Gasteiger charge is 2.34. The first-order chi connectivity index (χ1) is 17.6. The van der Waals surface area contributed by atoms with E-state index in [9.17, 15) is 9.90 Å². The highest BCUT2D eigenvalue weighted by atomic mass is 35.5. The van der Waals surface area contributed by atoms with E-state index >= 15 is 0 Å². The van der Waals surface area contributed by atoms with Gasteiger partial charge >= 0.3 is 0 Å². The van der Waals surface area contributed by atoms with Crippen LogP contribution in [0.1, 0.15) is 22.6 Å². The molecule has 0 saturated carbocycles. The van der Waals surface area contributed by atoms with E-state index in [0.29, 0.717) is 28.0 Å². The number of para-hydroxylation sites is 1. The van der Waals surface area contributed by atoms with E-state index in [4.69, 9.17) is 21.3 Å². The number of phenols is 1. The first-order valence-corrected chi connectivity index (χ1v) is 11.8. The zero-order chi connectivity index (χ0) is 24.6. The van der Waals surface area contributed by atoms with Gasteiger partial charge in [0.05, 0.1) is 11.3 Å². The van der Waals surface area contributed by atoms with Crippen molar-refractivity contribution in [2.24, 2.45) is 0 Å². The van der Waals surface area contributed by atoms with Crippen LogP contribution in [0.2, 0.25) is 5.02 Å². The van der Waals surface area contributed by atoms with Gasteiger partial charge in [0.25, 0.3) is 5.56 Å². The van der Waals surface area contributed by atoms with Crippen molar-refractivity contribution in [1.29, 1.82) is 0 Å².